The number of carboxylic acids is 1. The maximum Gasteiger partial charge on any atom is 0.326 e. The number of carbonyl (C=O) groups is 2. The molecule has 120 valence electrons. The molecule has 0 radical (unpaired) electrons. The maximum absolute atomic E-state index is 12.6. The number of nitrogens with zero attached hydrogens (tertiary/aromatic N) is 5. The quantitative estimate of drug-likeness (QED) is 0.905. The van der Waals surface area contributed by atoms with E-state index in [1.807, 2.05) is 0 Å². The van der Waals surface area contributed by atoms with Crippen LogP contribution in [-0.2, 0) is 11.8 Å². The number of tetrazole rings is 1. The molecule has 1 saturated heterocycles. The van der Waals surface area contributed by atoms with Gasteiger partial charge in [-0.25, -0.2) is 4.79 Å². The summed E-state index contributed by atoms with van der Waals surface area (Å²) in [7, 11) is 1.68. The molecule has 1 aliphatic rings. The summed E-state index contributed by atoms with van der Waals surface area (Å²) in [6, 6.07) is 6.08. The van der Waals surface area contributed by atoms with Crippen molar-refractivity contribution in [2.75, 3.05) is 6.54 Å². The average molecular weight is 315 g/mol. The molecule has 0 bridgehead atoms. The number of hydrogen-bond donors (Lipinski definition) is 1. The molecule has 2 aromatic rings. The second kappa shape index (κ2) is 6.15. The highest BCUT2D eigenvalue weighted by Crippen LogP contribution is 2.21. The first kappa shape index (κ1) is 15.1. The van der Waals surface area contributed by atoms with E-state index in [1.54, 1.807) is 31.3 Å². The van der Waals surface area contributed by atoms with Crippen molar-refractivity contribution in [2.24, 2.45) is 7.05 Å². The van der Waals surface area contributed by atoms with Crippen LogP contribution in [0.3, 0.4) is 0 Å². The molecule has 1 atom stereocenters. The van der Waals surface area contributed by atoms with Crippen LogP contribution in [0.1, 0.15) is 29.6 Å². The van der Waals surface area contributed by atoms with E-state index < -0.39 is 12.0 Å². The van der Waals surface area contributed by atoms with E-state index in [0.29, 0.717) is 24.4 Å². The molecule has 8 nitrogen and oxygen atoms in total. The fraction of sp³-hybridized carbons (Fsp3) is 0.400. The van der Waals surface area contributed by atoms with Gasteiger partial charge in [0.1, 0.15) is 6.04 Å². The summed E-state index contributed by atoms with van der Waals surface area (Å²) < 4.78 is 0. The largest absolute Gasteiger partial charge is 0.480 e. The molecular formula is C15H17N5O3. The van der Waals surface area contributed by atoms with Gasteiger partial charge in [0.15, 0.2) is 0 Å². The highest BCUT2D eigenvalue weighted by atomic mass is 16.4. The first-order valence-corrected chi connectivity index (χ1v) is 7.44. The molecule has 1 aromatic heterocycles. The van der Waals surface area contributed by atoms with E-state index in [-0.39, 0.29) is 5.91 Å². The monoisotopic (exact) mass is 315 g/mol. The van der Waals surface area contributed by atoms with Crippen molar-refractivity contribution >= 4 is 11.9 Å². The SMILES string of the molecule is Cn1nnc(-c2ccc(C(=O)N3CCCC[C@H]3C(=O)O)cc2)n1. The van der Waals surface area contributed by atoms with Gasteiger partial charge in [0.05, 0.1) is 7.05 Å². The predicted octanol–water partition coefficient (Wildman–Crippen LogP) is 0.956. The summed E-state index contributed by atoms with van der Waals surface area (Å²) >= 11 is 0. The van der Waals surface area contributed by atoms with Gasteiger partial charge in [-0.05, 0) is 36.6 Å². The number of aryl methyl sites for hydroxylation is 1. The lowest BCUT2D eigenvalue weighted by Gasteiger charge is -2.33. The van der Waals surface area contributed by atoms with Crippen molar-refractivity contribution in [2.45, 2.75) is 25.3 Å². The molecule has 1 aromatic carbocycles. The van der Waals surface area contributed by atoms with E-state index in [4.69, 9.17) is 0 Å². The number of aliphatic carboxylic acids is 1. The van der Waals surface area contributed by atoms with E-state index >= 15 is 0 Å². The Hall–Kier alpha value is -2.77. The van der Waals surface area contributed by atoms with Gasteiger partial charge in [-0.1, -0.05) is 12.1 Å². The zero-order chi connectivity index (χ0) is 16.4. The first-order valence-electron chi connectivity index (χ1n) is 7.44. The Bertz CT molecular complexity index is 725. The molecule has 0 spiro atoms. The van der Waals surface area contributed by atoms with Crippen LogP contribution in [0.2, 0.25) is 0 Å². The molecular weight excluding hydrogens is 298 g/mol. The molecule has 2 heterocycles. The van der Waals surface area contributed by atoms with Crippen molar-refractivity contribution in [3.63, 3.8) is 0 Å². The van der Waals surface area contributed by atoms with E-state index in [1.165, 1.54) is 9.70 Å². The number of aromatic nitrogens is 4. The normalized spacial score (nSPS) is 18.0. The van der Waals surface area contributed by atoms with Crippen molar-refractivity contribution in [1.82, 2.24) is 25.1 Å². The van der Waals surface area contributed by atoms with Crippen LogP contribution in [0.15, 0.2) is 24.3 Å². The number of piperidine rings is 1. The number of hydrogen-bond acceptors (Lipinski definition) is 5. The molecule has 0 aliphatic carbocycles. The van der Waals surface area contributed by atoms with E-state index in [2.05, 4.69) is 15.4 Å². The van der Waals surface area contributed by atoms with Gasteiger partial charge in [0.2, 0.25) is 5.82 Å². The Morgan fingerprint density at radius 3 is 2.57 bits per heavy atom. The molecule has 1 N–H and O–H groups in total. The highest BCUT2D eigenvalue weighted by Gasteiger charge is 2.32. The van der Waals surface area contributed by atoms with Gasteiger partial charge in [0, 0.05) is 17.7 Å². The van der Waals surface area contributed by atoms with Crippen molar-refractivity contribution in [3.05, 3.63) is 29.8 Å². The van der Waals surface area contributed by atoms with Crippen molar-refractivity contribution in [3.8, 4) is 11.4 Å². The summed E-state index contributed by atoms with van der Waals surface area (Å²) in [5.74, 6) is -0.720. The summed E-state index contributed by atoms with van der Waals surface area (Å²) in [6.07, 6.45) is 2.16. The van der Waals surface area contributed by atoms with Gasteiger partial charge in [0.25, 0.3) is 5.91 Å². The van der Waals surface area contributed by atoms with Crippen LogP contribution in [0.5, 0.6) is 0 Å². The van der Waals surface area contributed by atoms with E-state index in [9.17, 15) is 14.7 Å². The first-order chi connectivity index (χ1) is 11.1. The highest BCUT2D eigenvalue weighted by molar-refractivity contribution is 5.97. The van der Waals surface area contributed by atoms with Crippen molar-refractivity contribution < 1.29 is 14.7 Å². The number of carbonyl (C=O) groups excluding carboxylic acids is 1. The third kappa shape index (κ3) is 3.05. The minimum atomic E-state index is -0.946. The van der Waals surface area contributed by atoms with Gasteiger partial charge < -0.3 is 10.0 Å². The van der Waals surface area contributed by atoms with Crippen LogP contribution < -0.4 is 0 Å². The molecule has 0 saturated carbocycles. The Morgan fingerprint density at radius 1 is 1.22 bits per heavy atom. The van der Waals surface area contributed by atoms with Crippen LogP contribution in [0.4, 0.5) is 0 Å². The second-order valence-corrected chi connectivity index (χ2v) is 5.53. The summed E-state index contributed by atoms with van der Waals surface area (Å²) in [5.41, 5.74) is 1.22. The Balaban J connectivity index is 1.80. The Labute approximate surface area is 132 Å². The standard InChI is InChI=1S/C15H17N5O3/c1-19-17-13(16-18-19)10-5-7-11(8-6-10)14(21)20-9-3-2-4-12(20)15(22)23/h5-8,12H,2-4,9H2,1H3,(H,22,23)/t12-/m0/s1. The molecule has 0 unspecified atom stereocenters. The number of amides is 1. The Kier molecular flexibility index (Phi) is 4.05. The third-order valence-corrected chi connectivity index (χ3v) is 3.95. The minimum Gasteiger partial charge on any atom is -0.480 e. The molecule has 1 amide bonds. The lowest BCUT2D eigenvalue weighted by molar-refractivity contribution is -0.143. The van der Waals surface area contributed by atoms with Crippen LogP contribution >= 0.6 is 0 Å². The lowest BCUT2D eigenvalue weighted by atomic mass is 10.0. The second-order valence-electron chi connectivity index (χ2n) is 5.53. The van der Waals surface area contributed by atoms with Gasteiger partial charge >= 0.3 is 5.97 Å². The zero-order valence-electron chi connectivity index (χ0n) is 12.7. The van der Waals surface area contributed by atoms with Crippen LogP contribution in [-0.4, -0.2) is 54.7 Å². The molecule has 1 fully saturated rings. The van der Waals surface area contributed by atoms with Gasteiger partial charge in [-0.3, -0.25) is 4.79 Å². The van der Waals surface area contributed by atoms with Crippen molar-refractivity contribution in [1.29, 1.82) is 0 Å². The van der Waals surface area contributed by atoms with Crippen LogP contribution in [0.25, 0.3) is 11.4 Å². The number of benzene rings is 1. The number of carboxylic acid groups (broad SMARTS) is 1. The fourth-order valence-electron chi connectivity index (χ4n) is 2.76. The van der Waals surface area contributed by atoms with Crippen LogP contribution in [0, 0.1) is 0 Å². The lowest BCUT2D eigenvalue weighted by Crippen LogP contribution is -2.47. The number of likely N-dealkylation sites (tertiary alicyclic amines) is 1. The molecule has 8 heteroatoms. The number of rotatable bonds is 3. The maximum atomic E-state index is 12.6. The third-order valence-electron chi connectivity index (χ3n) is 3.95. The van der Waals surface area contributed by atoms with Gasteiger partial charge in [-0.2, -0.15) is 4.80 Å². The smallest absolute Gasteiger partial charge is 0.326 e. The predicted molar refractivity (Wildman–Crippen MR) is 80.5 cm³/mol. The summed E-state index contributed by atoms with van der Waals surface area (Å²) in [4.78, 5) is 26.7. The van der Waals surface area contributed by atoms with Gasteiger partial charge in [-0.15, -0.1) is 10.2 Å². The minimum absolute atomic E-state index is 0.254. The molecule has 1 aliphatic heterocycles. The summed E-state index contributed by atoms with van der Waals surface area (Å²) in [6.45, 7) is 0.475. The Morgan fingerprint density at radius 2 is 1.96 bits per heavy atom. The fourth-order valence-corrected chi connectivity index (χ4v) is 2.76. The molecule has 23 heavy (non-hydrogen) atoms. The summed E-state index contributed by atoms with van der Waals surface area (Å²) in [5, 5.41) is 21.1. The zero-order valence-corrected chi connectivity index (χ0v) is 12.7. The van der Waals surface area contributed by atoms with E-state index in [0.717, 1.165) is 18.4 Å². The topological polar surface area (TPSA) is 101 Å². The average Bonchev–Trinajstić information content (AvgIpc) is 3.01. The molecule has 3 rings (SSSR count).